The number of amides is 2. The molecule has 6 heteroatoms. The van der Waals surface area contributed by atoms with Crippen molar-refractivity contribution < 1.29 is 14.3 Å². The molecule has 126 valence electrons. The number of carbonyl (C=O) groups is 2. The number of carbonyl (C=O) groups excluding carboxylic acids is 2. The number of anilines is 1. The lowest BCUT2D eigenvalue weighted by molar-refractivity contribution is -0.123. The highest BCUT2D eigenvalue weighted by Crippen LogP contribution is 2.48. The minimum absolute atomic E-state index is 0.0509. The molecule has 0 unspecified atom stereocenters. The molecule has 0 aliphatic heterocycles. The van der Waals surface area contributed by atoms with Gasteiger partial charge in [-0.05, 0) is 42.0 Å². The van der Waals surface area contributed by atoms with Crippen LogP contribution in [0.2, 0.25) is 0 Å². The third kappa shape index (κ3) is 3.49. The number of ether oxygens (including phenoxy) is 1. The summed E-state index contributed by atoms with van der Waals surface area (Å²) < 4.78 is 4.96. The summed E-state index contributed by atoms with van der Waals surface area (Å²) in [7, 11) is 1.61. The molecule has 24 heavy (non-hydrogen) atoms. The van der Waals surface area contributed by atoms with Gasteiger partial charge in [0.25, 0.3) is 5.91 Å². The van der Waals surface area contributed by atoms with E-state index in [1.165, 1.54) is 11.3 Å². The first-order valence-corrected chi connectivity index (χ1v) is 8.76. The Morgan fingerprint density at radius 3 is 2.54 bits per heavy atom. The molecule has 2 N–H and O–H groups in total. The molecule has 1 aromatic carbocycles. The van der Waals surface area contributed by atoms with Crippen LogP contribution in [0, 0.1) is 0 Å². The van der Waals surface area contributed by atoms with Crippen molar-refractivity contribution in [2.45, 2.75) is 18.3 Å². The lowest BCUT2D eigenvalue weighted by Crippen LogP contribution is -2.36. The maximum absolute atomic E-state index is 12.4. The predicted molar refractivity (Wildman–Crippen MR) is 94.5 cm³/mol. The van der Waals surface area contributed by atoms with Crippen molar-refractivity contribution in [3.63, 3.8) is 0 Å². The molecule has 1 fully saturated rings. The Balaban J connectivity index is 1.64. The predicted octanol–water partition coefficient (Wildman–Crippen LogP) is 2.79. The minimum Gasteiger partial charge on any atom is -0.383 e. The summed E-state index contributed by atoms with van der Waals surface area (Å²) in [6.07, 6.45) is 1.71. The van der Waals surface area contributed by atoms with Gasteiger partial charge in [0.1, 0.15) is 0 Å². The number of methoxy groups -OCH3 is 1. The zero-order valence-corrected chi connectivity index (χ0v) is 14.3. The average Bonchev–Trinajstić information content (AvgIpc) is 3.22. The van der Waals surface area contributed by atoms with Gasteiger partial charge in [-0.1, -0.05) is 18.2 Å². The number of rotatable bonds is 7. The molecule has 0 bridgehead atoms. The topological polar surface area (TPSA) is 67.4 Å². The Morgan fingerprint density at radius 1 is 1.21 bits per heavy atom. The summed E-state index contributed by atoms with van der Waals surface area (Å²) >= 11 is 1.41. The summed E-state index contributed by atoms with van der Waals surface area (Å²) in [5.74, 6) is -0.0638. The fourth-order valence-corrected chi connectivity index (χ4v) is 3.30. The fraction of sp³-hybridized carbons (Fsp3) is 0.333. The molecule has 0 spiro atoms. The lowest BCUT2D eigenvalue weighted by Gasteiger charge is -2.16. The smallest absolute Gasteiger partial charge is 0.265 e. The van der Waals surface area contributed by atoms with E-state index in [0.29, 0.717) is 18.0 Å². The maximum Gasteiger partial charge on any atom is 0.265 e. The normalized spacial score (nSPS) is 14.9. The van der Waals surface area contributed by atoms with E-state index >= 15 is 0 Å². The molecule has 0 radical (unpaired) electrons. The Morgan fingerprint density at radius 2 is 1.96 bits per heavy atom. The second-order valence-electron chi connectivity index (χ2n) is 5.84. The van der Waals surface area contributed by atoms with Gasteiger partial charge in [0, 0.05) is 19.3 Å². The van der Waals surface area contributed by atoms with Crippen LogP contribution in [0.5, 0.6) is 0 Å². The van der Waals surface area contributed by atoms with Crippen molar-refractivity contribution in [2.75, 3.05) is 25.6 Å². The standard InChI is InChI=1S/C18H20N2O3S/c1-23-11-10-19-17(22)18(8-9-18)13-4-6-14(7-5-13)20-16(21)15-3-2-12-24-15/h2-7,12H,8-11H2,1H3,(H,19,22)(H,20,21). The van der Waals surface area contributed by atoms with Crippen molar-refractivity contribution in [1.82, 2.24) is 5.32 Å². The summed E-state index contributed by atoms with van der Waals surface area (Å²) in [5, 5.41) is 7.66. The molecular weight excluding hydrogens is 324 g/mol. The van der Waals surface area contributed by atoms with Gasteiger partial charge in [0.05, 0.1) is 16.9 Å². The van der Waals surface area contributed by atoms with Crippen molar-refractivity contribution in [1.29, 1.82) is 0 Å². The lowest BCUT2D eigenvalue weighted by atomic mass is 9.94. The summed E-state index contributed by atoms with van der Waals surface area (Å²) in [6.45, 7) is 1.03. The highest BCUT2D eigenvalue weighted by Gasteiger charge is 2.50. The number of nitrogens with one attached hydrogen (secondary N) is 2. The Hall–Kier alpha value is -2.18. The monoisotopic (exact) mass is 344 g/mol. The van der Waals surface area contributed by atoms with Crippen LogP contribution in [0.4, 0.5) is 5.69 Å². The first-order valence-electron chi connectivity index (χ1n) is 7.88. The third-order valence-electron chi connectivity index (χ3n) is 4.22. The van der Waals surface area contributed by atoms with Gasteiger partial charge in [-0.2, -0.15) is 0 Å². The van der Waals surface area contributed by atoms with Crippen LogP contribution in [0.25, 0.3) is 0 Å². The molecule has 5 nitrogen and oxygen atoms in total. The zero-order valence-electron chi connectivity index (χ0n) is 13.5. The number of benzene rings is 1. The molecular formula is C18H20N2O3S. The van der Waals surface area contributed by atoms with E-state index < -0.39 is 5.41 Å². The molecule has 1 aromatic heterocycles. The Bertz CT molecular complexity index is 706. The van der Waals surface area contributed by atoms with Crippen LogP contribution >= 0.6 is 11.3 Å². The molecule has 1 aliphatic carbocycles. The largest absolute Gasteiger partial charge is 0.383 e. The zero-order chi connectivity index (χ0) is 17.0. The first-order chi connectivity index (χ1) is 11.7. The van der Waals surface area contributed by atoms with Crippen LogP contribution in [0.1, 0.15) is 28.1 Å². The molecule has 0 atom stereocenters. The first kappa shape index (κ1) is 16.7. The molecule has 2 aromatic rings. The van der Waals surface area contributed by atoms with E-state index in [9.17, 15) is 9.59 Å². The number of hydrogen-bond acceptors (Lipinski definition) is 4. The van der Waals surface area contributed by atoms with Crippen molar-refractivity contribution in [3.8, 4) is 0 Å². The third-order valence-corrected chi connectivity index (χ3v) is 5.09. The van der Waals surface area contributed by atoms with Gasteiger partial charge in [-0.25, -0.2) is 0 Å². The summed E-state index contributed by atoms with van der Waals surface area (Å²) in [6, 6.07) is 11.2. The van der Waals surface area contributed by atoms with E-state index in [0.717, 1.165) is 24.1 Å². The second kappa shape index (κ2) is 7.15. The number of hydrogen-bond donors (Lipinski definition) is 2. The average molecular weight is 344 g/mol. The van der Waals surface area contributed by atoms with Crippen LogP contribution in [0.3, 0.4) is 0 Å². The van der Waals surface area contributed by atoms with E-state index in [-0.39, 0.29) is 11.8 Å². The van der Waals surface area contributed by atoms with Gasteiger partial charge in [-0.3, -0.25) is 9.59 Å². The highest BCUT2D eigenvalue weighted by molar-refractivity contribution is 7.12. The van der Waals surface area contributed by atoms with Crippen molar-refractivity contribution in [3.05, 3.63) is 52.2 Å². The van der Waals surface area contributed by atoms with Crippen LogP contribution in [-0.2, 0) is 14.9 Å². The molecule has 1 heterocycles. The van der Waals surface area contributed by atoms with Crippen LogP contribution < -0.4 is 10.6 Å². The maximum atomic E-state index is 12.4. The van der Waals surface area contributed by atoms with E-state index in [4.69, 9.17) is 4.74 Å². The molecule has 0 saturated heterocycles. The Kier molecular flexibility index (Phi) is 4.97. The minimum atomic E-state index is -0.413. The second-order valence-corrected chi connectivity index (χ2v) is 6.79. The SMILES string of the molecule is COCCNC(=O)C1(c2ccc(NC(=O)c3cccs3)cc2)CC1. The van der Waals surface area contributed by atoms with Gasteiger partial charge < -0.3 is 15.4 Å². The quantitative estimate of drug-likeness (QED) is 0.759. The van der Waals surface area contributed by atoms with Gasteiger partial charge in [0.2, 0.25) is 5.91 Å². The molecule has 1 aliphatic rings. The molecule has 1 saturated carbocycles. The van der Waals surface area contributed by atoms with Crippen LogP contribution in [0.15, 0.2) is 41.8 Å². The van der Waals surface area contributed by atoms with Crippen molar-refractivity contribution in [2.24, 2.45) is 0 Å². The van der Waals surface area contributed by atoms with Crippen molar-refractivity contribution >= 4 is 28.8 Å². The molecule has 2 amide bonds. The van der Waals surface area contributed by atoms with E-state index in [1.807, 2.05) is 35.7 Å². The Labute approximate surface area is 145 Å². The summed E-state index contributed by atoms with van der Waals surface area (Å²) in [4.78, 5) is 25.1. The molecule has 3 rings (SSSR count). The fourth-order valence-electron chi connectivity index (χ4n) is 2.68. The van der Waals surface area contributed by atoms with Gasteiger partial charge >= 0.3 is 0 Å². The number of thiophene rings is 1. The van der Waals surface area contributed by atoms with Gasteiger partial charge in [0.15, 0.2) is 0 Å². The van der Waals surface area contributed by atoms with Crippen LogP contribution in [-0.4, -0.2) is 32.1 Å². The van der Waals surface area contributed by atoms with E-state index in [1.54, 1.807) is 13.2 Å². The van der Waals surface area contributed by atoms with E-state index in [2.05, 4.69) is 10.6 Å². The summed E-state index contributed by atoms with van der Waals surface area (Å²) in [5.41, 5.74) is 1.31. The highest BCUT2D eigenvalue weighted by atomic mass is 32.1. The van der Waals surface area contributed by atoms with Gasteiger partial charge in [-0.15, -0.1) is 11.3 Å².